The second-order valence-electron chi connectivity index (χ2n) is 12.4. The maximum Gasteiger partial charge on any atom is 0.227 e. The van der Waals surface area contributed by atoms with Crippen molar-refractivity contribution < 1.29 is 4.42 Å². The van der Waals surface area contributed by atoms with Crippen molar-refractivity contribution in [3.63, 3.8) is 0 Å². The molecule has 236 valence electrons. The third-order valence-electron chi connectivity index (χ3n) is 9.33. The highest BCUT2D eigenvalue weighted by Gasteiger charge is 2.16. The number of benzene rings is 8. The monoisotopic (exact) mass is 640 g/mol. The van der Waals surface area contributed by atoms with Crippen molar-refractivity contribution in [1.29, 1.82) is 0 Å². The summed E-state index contributed by atoms with van der Waals surface area (Å²) in [6, 6.07) is 68.2. The Morgan fingerprint density at radius 2 is 0.860 bits per heavy atom. The lowest BCUT2D eigenvalue weighted by Gasteiger charge is -2.26. The summed E-state index contributed by atoms with van der Waals surface area (Å²) < 4.78 is 6.33. The molecule has 3 heteroatoms. The van der Waals surface area contributed by atoms with Gasteiger partial charge in [-0.2, -0.15) is 0 Å². The van der Waals surface area contributed by atoms with Crippen molar-refractivity contribution >= 4 is 38.9 Å². The number of rotatable bonds is 7. The van der Waals surface area contributed by atoms with E-state index >= 15 is 0 Å². The number of para-hydroxylation sites is 2. The highest BCUT2D eigenvalue weighted by molar-refractivity contribution is 5.97. The molecule has 0 unspecified atom stereocenters. The Morgan fingerprint density at radius 3 is 1.58 bits per heavy atom. The number of nitrogens with zero attached hydrogens (tertiary/aromatic N) is 2. The molecule has 0 aliphatic carbocycles. The molecule has 8 aromatic carbocycles. The van der Waals surface area contributed by atoms with Crippen LogP contribution in [0.1, 0.15) is 0 Å². The molecule has 0 N–H and O–H groups in total. The molecule has 0 fully saturated rings. The van der Waals surface area contributed by atoms with Crippen LogP contribution >= 0.6 is 0 Å². The Balaban J connectivity index is 1.02. The zero-order valence-corrected chi connectivity index (χ0v) is 27.3. The van der Waals surface area contributed by atoms with Crippen LogP contribution in [0.5, 0.6) is 0 Å². The van der Waals surface area contributed by atoms with Crippen molar-refractivity contribution in [1.82, 2.24) is 4.98 Å². The van der Waals surface area contributed by atoms with E-state index in [9.17, 15) is 0 Å². The van der Waals surface area contributed by atoms with Gasteiger partial charge in [0.2, 0.25) is 5.89 Å². The van der Waals surface area contributed by atoms with Gasteiger partial charge in [-0.1, -0.05) is 140 Å². The maximum atomic E-state index is 6.33. The summed E-state index contributed by atoms with van der Waals surface area (Å²) in [5, 5.41) is 2.53. The first-order valence-corrected chi connectivity index (χ1v) is 16.9. The van der Waals surface area contributed by atoms with Gasteiger partial charge in [-0.15, -0.1) is 0 Å². The molecule has 0 bridgehead atoms. The predicted octanol–water partition coefficient (Wildman–Crippen LogP) is 13.1. The van der Waals surface area contributed by atoms with Gasteiger partial charge in [-0.3, -0.25) is 0 Å². The van der Waals surface area contributed by atoms with Gasteiger partial charge in [0.1, 0.15) is 5.52 Å². The zero-order valence-electron chi connectivity index (χ0n) is 27.3. The number of hydrogen-bond acceptors (Lipinski definition) is 3. The van der Waals surface area contributed by atoms with E-state index in [0.717, 1.165) is 44.9 Å². The Kier molecular flexibility index (Phi) is 7.49. The highest BCUT2D eigenvalue weighted by atomic mass is 16.3. The van der Waals surface area contributed by atoms with E-state index in [4.69, 9.17) is 9.40 Å². The number of oxazole rings is 1. The number of hydrogen-bond donors (Lipinski definition) is 0. The average molecular weight is 641 g/mol. The van der Waals surface area contributed by atoms with Crippen LogP contribution in [0.2, 0.25) is 0 Å². The summed E-state index contributed by atoms with van der Waals surface area (Å²) in [4.78, 5) is 7.07. The number of aromatic nitrogens is 1. The van der Waals surface area contributed by atoms with Crippen LogP contribution in [0.25, 0.3) is 66.7 Å². The molecule has 9 rings (SSSR count). The van der Waals surface area contributed by atoms with Crippen LogP contribution in [-0.2, 0) is 0 Å². The topological polar surface area (TPSA) is 29.3 Å². The molecule has 0 saturated heterocycles. The van der Waals surface area contributed by atoms with Gasteiger partial charge in [0.15, 0.2) is 5.58 Å². The SMILES string of the molecule is c1ccc(-c2nc3cccc(-c4ccc(N(c5ccccc5)c5ccc(-c6ccc(-c7cccc8ccccc78)cc6)cc5)cc4)c3o2)cc1. The molecular weight excluding hydrogens is 609 g/mol. The molecule has 0 atom stereocenters. The van der Waals surface area contributed by atoms with Gasteiger partial charge in [0.25, 0.3) is 0 Å². The smallest absolute Gasteiger partial charge is 0.227 e. The van der Waals surface area contributed by atoms with Crippen molar-refractivity contribution in [3.8, 4) is 44.8 Å². The van der Waals surface area contributed by atoms with E-state index in [2.05, 4.69) is 157 Å². The van der Waals surface area contributed by atoms with E-state index in [0.29, 0.717) is 5.89 Å². The summed E-state index contributed by atoms with van der Waals surface area (Å²) in [5.41, 5.74) is 12.8. The Bertz CT molecular complexity index is 2550. The van der Waals surface area contributed by atoms with Crippen LogP contribution in [0.3, 0.4) is 0 Å². The number of fused-ring (bicyclic) bond motifs is 2. The van der Waals surface area contributed by atoms with Crippen molar-refractivity contribution in [2.75, 3.05) is 4.90 Å². The van der Waals surface area contributed by atoms with Gasteiger partial charge < -0.3 is 9.32 Å². The summed E-state index contributed by atoms with van der Waals surface area (Å²) in [5.74, 6) is 0.629. The zero-order chi connectivity index (χ0) is 33.3. The third kappa shape index (κ3) is 5.51. The molecule has 1 heterocycles. The van der Waals surface area contributed by atoms with E-state index in [1.165, 1.54) is 33.0 Å². The number of anilines is 3. The van der Waals surface area contributed by atoms with Gasteiger partial charge in [0, 0.05) is 28.2 Å². The van der Waals surface area contributed by atoms with Gasteiger partial charge in [-0.05, 0) is 93.2 Å². The molecule has 0 amide bonds. The van der Waals surface area contributed by atoms with Crippen molar-refractivity contribution in [3.05, 3.63) is 194 Å². The van der Waals surface area contributed by atoms with E-state index < -0.39 is 0 Å². The van der Waals surface area contributed by atoms with Gasteiger partial charge in [-0.25, -0.2) is 4.98 Å². The van der Waals surface area contributed by atoms with E-state index in [-0.39, 0.29) is 0 Å². The minimum Gasteiger partial charge on any atom is -0.435 e. The van der Waals surface area contributed by atoms with Gasteiger partial charge >= 0.3 is 0 Å². The molecule has 0 radical (unpaired) electrons. The maximum absolute atomic E-state index is 6.33. The Morgan fingerprint density at radius 1 is 0.360 bits per heavy atom. The molecule has 0 spiro atoms. The van der Waals surface area contributed by atoms with Crippen molar-refractivity contribution in [2.45, 2.75) is 0 Å². The van der Waals surface area contributed by atoms with Crippen LogP contribution < -0.4 is 4.90 Å². The molecule has 0 aliphatic heterocycles. The molecule has 0 saturated carbocycles. The minimum absolute atomic E-state index is 0.629. The second-order valence-corrected chi connectivity index (χ2v) is 12.4. The largest absolute Gasteiger partial charge is 0.435 e. The second kappa shape index (κ2) is 12.7. The fourth-order valence-electron chi connectivity index (χ4n) is 6.82. The summed E-state index contributed by atoms with van der Waals surface area (Å²) in [7, 11) is 0. The van der Waals surface area contributed by atoms with Crippen LogP contribution in [0.4, 0.5) is 17.1 Å². The molecule has 0 aliphatic rings. The minimum atomic E-state index is 0.629. The van der Waals surface area contributed by atoms with E-state index in [1.54, 1.807) is 0 Å². The average Bonchev–Trinajstić information content (AvgIpc) is 3.64. The standard InChI is InChI=1S/C47H32N2O/c1-3-12-38(13-4-1)47-48-45-20-10-19-44(46(45)50-47)37-27-31-41(32-28-37)49(39-15-5-2-6-16-39)40-29-25-34(26-30-40)33-21-23-36(24-22-33)43-18-9-14-35-11-7-8-17-42(35)43/h1-32H. The first-order valence-electron chi connectivity index (χ1n) is 16.9. The fourth-order valence-corrected chi connectivity index (χ4v) is 6.82. The Hall–Kier alpha value is -6.71. The molecule has 3 nitrogen and oxygen atoms in total. The normalized spacial score (nSPS) is 11.2. The van der Waals surface area contributed by atoms with Gasteiger partial charge in [0.05, 0.1) is 0 Å². The lowest BCUT2D eigenvalue weighted by atomic mass is 9.96. The highest BCUT2D eigenvalue weighted by Crippen LogP contribution is 2.38. The molecule has 9 aromatic rings. The lowest BCUT2D eigenvalue weighted by Crippen LogP contribution is -2.09. The fraction of sp³-hybridized carbons (Fsp3) is 0. The molecular formula is C47H32N2O. The summed E-state index contributed by atoms with van der Waals surface area (Å²) in [6.45, 7) is 0. The Labute approximate surface area is 291 Å². The van der Waals surface area contributed by atoms with Crippen LogP contribution in [0.15, 0.2) is 199 Å². The van der Waals surface area contributed by atoms with Crippen LogP contribution in [-0.4, -0.2) is 4.98 Å². The predicted molar refractivity (Wildman–Crippen MR) is 208 cm³/mol. The first-order chi connectivity index (χ1) is 24.8. The van der Waals surface area contributed by atoms with E-state index in [1.807, 2.05) is 42.5 Å². The molecule has 1 aromatic heterocycles. The van der Waals surface area contributed by atoms with Crippen LogP contribution in [0, 0.1) is 0 Å². The molecule has 50 heavy (non-hydrogen) atoms. The summed E-state index contributed by atoms with van der Waals surface area (Å²) in [6.07, 6.45) is 0. The summed E-state index contributed by atoms with van der Waals surface area (Å²) >= 11 is 0. The quantitative estimate of drug-likeness (QED) is 0.174. The lowest BCUT2D eigenvalue weighted by molar-refractivity contribution is 0.621. The third-order valence-corrected chi connectivity index (χ3v) is 9.33. The first kappa shape index (κ1) is 29.4. The van der Waals surface area contributed by atoms with Crippen molar-refractivity contribution in [2.24, 2.45) is 0 Å².